The predicted octanol–water partition coefficient (Wildman–Crippen LogP) is 5.66. The van der Waals surface area contributed by atoms with E-state index >= 15 is 0 Å². The van der Waals surface area contributed by atoms with Crippen molar-refractivity contribution in [3.63, 3.8) is 0 Å². The SMILES string of the molecule is CC.COc1cc2c(NCc3cc(N)cc(C(F)(F)F)c3)nc3nnc(C(C)C)n3c2cc1OC. The van der Waals surface area contributed by atoms with Crippen molar-refractivity contribution in [2.24, 2.45) is 0 Å². The fraction of sp³-hybridized carbons (Fsp3) is 0.375. The third-order valence-electron chi connectivity index (χ3n) is 5.20. The lowest BCUT2D eigenvalue weighted by Gasteiger charge is -2.16. The number of hydrogen-bond acceptors (Lipinski definition) is 7. The van der Waals surface area contributed by atoms with Crippen LogP contribution in [0.1, 0.15) is 50.6 Å². The minimum Gasteiger partial charge on any atom is -0.493 e. The minimum atomic E-state index is -4.49. The van der Waals surface area contributed by atoms with Gasteiger partial charge in [0.25, 0.3) is 5.78 Å². The molecule has 0 saturated heterocycles. The second-order valence-corrected chi connectivity index (χ2v) is 7.85. The first-order chi connectivity index (χ1) is 16.6. The summed E-state index contributed by atoms with van der Waals surface area (Å²) in [5.74, 6) is 2.55. The fourth-order valence-corrected chi connectivity index (χ4v) is 3.67. The molecule has 4 aromatic rings. The Morgan fingerprint density at radius 1 is 1.00 bits per heavy atom. The van der Waals surface area contributed by atoms with Gasteiger partial charge in [-0.2, -0.15) is 18.2 Å². The molecule has 3 N–H and O–H groups in total. The quantitative estimate of drug-likeness (QED) is 0.337. The van der Waals surface area contributed by atoms with Crippen LogP contribution in [0.25, 0.3) is 16.7 Å². The van der Waals surface area contributed by atoms with Gasteiger partial charge in [0, 0.05) is 29.6 Å². The molecule has 2 heterocycles. The molecule has 0 aliphatic carbocycles. The third-order valence-corrected chi connectivity index (χ3v) is 5.20. The molecule has 2 aromatic heterocycles. The molecule has 35 heavy (non-hydrogen) atoms. The highest BCUT2D eigenvalue weighted by molar-refractivity contribution is 5.93. The molecule has 0 radical (unpaired) electrons. The van der Waals surface area contributed by atoms with Crippen LogP contribution in [0.4, 0.5) is 24.7 Å². The molecule has 0 atom stereocenters. The largest absolute Gasteiger partial charge is 0.493 e. The summed E-state index contributed by atoms with van der Waals surface area (Å²) >= 11 is 0. The van der Waals surface area contributed by atoms with Crippen molar-refractivity contribution in [2.45, 2.75) is 46.3 Å². The van der Waals surface area contributed by atoms with Crippen LogP contribution in [0.3, 0.4) is 0 Å². The van der Waals surface area contributed by atoms with Crippen LogP contribution in [0.2, 0.25) is 0 Å². The van der Waals surface area contributed by atoms with Crippen LogP contribution in [-0.2, 0) is 12.7 Å². The number of fused-ring (bicyclic) bond motifs is 3. The van der Waals surface area contributed by atoms with Gasteiger partial charge in [0.1, 0.15) is 11.6 Å². The zero-order chi connectivity index (χ0) is 25.9. The van der Waals surface area contributed by atoms with Crippen LogP contribution >= 0.6 is 0 Å². The van der Waals surface area contributed by atoms with E-state index in [1.165, 1.54) is 20.3 Å². The lowest BCUT2D eigenvalue weighted by molar-refractivity contribution is -0.137. The first-order valence-electron chi connectivity index (χ1n) is 11.1. The van der Waals surface area contributed by atoms with Crippen molar-refractivity contribution in [2.75, 3.05) is 25.3 Å². The summed E-state index contributed by atoms with van der Waals surface area (Å²) in [6.07, 6.45) is -4.49. The van der Waals surface area contributed by atoms with E-state index in [-0.39, 0.29) is 18.2 Å². The highest BCUT2D eigenvalue weighted by Crippen LogP contribution is 2.36. The lowest BCUT2D eigenvalue weighted by Crippen LogP contribution is -2.10. The molecule has 0 unspecified atom stereocenters. The lowest BCUT2D eigenvalue weighted by atomic mass is 10.1. The molecule has 0 fully saturated rings. The molecule has 0 saturated carbocycles. The molecule has 11 heteroatoms. The van der Waals surface area contributed by atoms with Gasteiger partial charge in [-0.1, -0.05) is 27.7 Å². The topological polar surface area (TPSA) is 99.6 Å². The van der Waals surface area contributed by atoms with Gasteiger partial charge in [-0.25, -0.2) is 0 Å². The standard InChI is InChI=1S/C22H23F3N6O2.C2H6/c1-11(2)20-29-30-21-28-19(15-8-17(32-3)18(33-4)9-16(15)31(20)21)27-10-12-5-13(22(23,24)25)7-14(26)6-12;1-2/h5-9,11H,10,26H2,1-4H3,(H,27,28,30);1-2H3. The molecule has 0 amide bonds. The predicted molar refractivity (Wildman–Crippen MR) is 130 cm³/mol. The molecular weight excluding hydrogens is 461 g/mol. The van der Waals surface area contributed by atoms with Crippen molar-refractivity contribution in [1.82, 2.24) is 19.6 Å². The van der Waals surface area contributed by atoms with Crippen LogP contribution in [0, 0.1) is 0 Å². The Morgan fingerprint density at radius 2 is 1.66 bits per heavy atom. The Morgan fingerprint density at radius 3 is 2.26 bits per heavy atom. The molecule has 4 rings (SSSR count). The second-order valence-electron chi connectivity index (χ2n) is 7.85. The van der Waals surface area contributed by atoms with Crippen LogP contribution in [-0.4, -0.2) is 33.8 Å². The first-order valence-corrected chi connectivity index (χ1v) is 11.1. The highest BCUT2D eigenvalue weighted by atomic mass is 19.4. The zero-order valence-electron chi connectivity index (χ0n) is 20.5. The Kier molecular flexibility index (Phi) is 7.57. The molecule has 0 spiro atoms. The molecule has 188 valence electrons. The molecule has 0 aliphatic heterocycles. The van der Waals surface area contributed by atoms with E-state index in [1.807, 2.05) is 32.1 Å². The number of benzene rings is 2. The number of nitrogens with two attached hydrogens (primary N) is 1. The molecule has 8 nitrogen and oxygen atoms in total. The van der Waals surface area contributed by atoms with Gasteiger partial charge in [-0.15, -0.1) is 10.2 Å². The number of nitrogens with zero attached hydrogens (tertiary/aromatic N) is 4. The number of methoxy groups -OCH3 is 2. The normalized spacial score (nSPS) is 11.5. The van der Waals surface area contributed by atoms with E-state index in [0.29, 0.717) is 39.9 Å². The summed E-state index contributed by atoms with van der Waals surface area (Å²) in [4.78, 5) is 4.57. The van der Waals surface area contributed by atoms with Crippen LogP contribution in [0.15, 0.2) is 30.3 Å². The van der Waals surface area contributed by atoms with Gasteiger partial charge < -0.3 is 20.5 Å². The highest BCUT2D eigenvalue weighted by Gasteiger charge is 2.31. The average Bonchev–Trinajstić information content (AvgIpc) is 3.26. The second kappa shape index (κ2) is 10.2. The summed E-state index contributed by atoms with van der Waals surface area (Å²) in [5, 5.41) is 12.2. The van der Waals surface area contributed by atoms with Crippen molar-refractivity contribution in [1.29, 1.82) is 0 Å². The van der Waals surface area contributed by atoms with E-state index in [4.69, 9.17) is 15.2 Å². The smallest absolute Gasteiger partial charge is 0.416 e. The number of anilines is 2. The van der Waals surface area contributed by atoms with Crippen LogP contribution in [0.5, 0.6) is 11.5 Å². The van der Waals surface area contributed by atoms with Gasteiger partial charge >= 0.3 is 6.18 Å². The number of rotatable bonds is 6. The summed E-state index contributed by atoms with van der Waals surface area (Å²) in [6.45, 7) is 8.05. The maximum atomic E-state index is 13.2. The first kappa shape index (κ1) is 25.9. The Bertz CT molecular complexity index is 1330. The van der Waals surface area contributed by atoms with Crippen LogP contribution < -0.4 is 20.5 Å². The van der Waals surface area contributed by atoms with Crippen molar-refractivity contribution in [3.05, 3.63) is 47.3 Å². The van der Waals surface area contributed by atoms with Crippen molar-refractivity contribution >= 4 is 28.2 Å². The van der Waals surface area contributed by atoms with Crippen molar-refractivity contribution < 1.29 is 22.6 Å². The summed E-state index contributed by atoms with van der Waals surface area (Å²) in [7, 11) is 3.06. The molecule has 0 bridgehead atoms. The van der Waals surface area contributed by atoms with Gasteiger partial charge in [0.2, 0.25) is 0 Å². The number of nitrogen functional groups attached to an aromatic ring is 1. The van der Waals surface area contributed by atoms with Gasteiger partial charge in [-0.3, -0.25) is 4.40 Å². The monoisotopic (exact) mass is 490 g/mol. The van der Waals surface area contributed by atoms with Gasteiger partial charge in [0.05, 0.1) is 25.3 Å². The summed E-state index contributed by atoms with van der Waals surface area (Å²) in [5.41, 5.74) is 6.00. The van der Waals surface area contributed by atoms with E-state index < -0.39 is 11.7 Å². The van der Waals surface area contributed by atoms with E-state index in [1.54, 1.807) is 12.1 Å². The maximum absolute atomic E-state index is 13.2. The summed E-state index contributed by atoms with van der Waals surface area (Å²) in [6, 6.07) is 7.01. The van der Waals surface area contributed by atoms with Gasteiger partial charge in [0.15, 0.2) is 11.5 Å². The Balaban J connectivity index is 0.00000167. The van der Waals surface area contributed by atoms with E-state index in [9.17, 15) is 13.2 Å². The van der Waals surface area contributed by atoms with E-state index in [0.717, 1.165) is 17.6 Å². The average molecular weight is 491 g/mol. The fourth-order valence-electron chi connectivity index (χ4n) is 3.67. The Hall–Kier alpha value is -3.76. The molecular formula is C24H29F3N6O2. The number of hydrogen-bond donors (Lipinski definition) is 2. The zero-order valence-corrected chi connectivity index (χ0v) is 20.5. The molecule has 0 aliphatic rings. The third kappa shape index (κ3) is 5.18. The van der Waals surface area contributed by atoms with Gasteiger partial charge in [-0.05, 0) is 29.8 Å². The number of nitrogens with one attached hydrogen (secondary N) is 1. The number of aromatic nitrogens is 4. The van der Waals surface area contributed by atoms with E-state index in [2.05, 4.69) is 20.5 Å². The molecule has 2 aromatic carbocycles. The van der Waals surface area contributed by atoms with Crippen molar-refractivity contribution in [3.8, 4) is 11.5 Å². The Labute approximate surface area is 201 Å². The number of halogens is 3. The number of ether oxygens (including phenoxy) is 2. The number of alkyl halides is 3. The maximum Gasteiger partial charge on any atom is 0.416 e. The minimum absolute atomic E-state index is 0.0281. The summed E-state index contributed by atoms with van der Waals surface area (Å²) < 4.78 is 52.3.